The van der Waals surface area contributed by atoms with Crippen molar-refractivity contribution in [3.63, 3.8) is 0 Å². The summed E-state index contributed by atoms with van der Waals surface area (Å²) in [7, 11) is 4.31. The van der Waals surface area contributed by atoms with Crippen LogP contribution in [0.1, 0.15) is 51.7 Å². The summed E-state index contributed by atoms with van der Waals surface area (Å²) in [5.41, 5.74) is 9.47. The number of likely N-dealkylation sites (N-methyl/N-ethyl adjacent to an activating group) is 1. The van der Waals surface area contributed by atoms with Crippen LogP contribution in [0.15, 0.2) is 120 Å². The third-order valence-electron chi connectivity index (χ3n) is 9.95. The second-order valence-electron chi connectivity index (χ2n) is 13.1. The third kappa shape index (κ3) is 3.76. The molecule has 2 aliphatic heterocycles. The van der Waals surface area contributed by atoms with E-state index in [1.54, 1.807) is 0 Å². The molecule has 0 saturated carbocycles. The minimum atomic E-state index is -0.142. The van der Waals surface area contributed by atoms with E-state index >= 15 is 0 Å². The maximum atomic E-state index is 11.3. The lowest BCUT2D eigenvalue weighted by Crippen LogP contribution is -2.26. The molecule has 3 heteroatoms. The van der Waals surface area contributed by atoms with Gasteiger partial charge in [0.25, 0.3) is 0 Å². The van der Waals surface area contributed by atoms with E-state index in [4.69, 9.17) is 0 Å². The molecule has 0 bridgehead atoms. The molecule has 0 spiro atoms. The van der Waals surface area contributed by atoms with Gasteiger partial charge in [-0.3, -0.25) is 0 Å². The highest BCUT2D eigenvalue weighted by molar-refractivity contribution is 6.07. The first-order valence-corrected chi connectivity index (χ1v) is 15.0. The van der Waals surface area contributed by atoms with Crippen LogP contribution >= 0.6 is 0 Å². The number of fused-ring (bicyclic) bond motifs is 6. The third-order valence-corrected chi connectivity index (χ3v) is 9.95. The van der Waals surface area contributed by atoms with Gasteiger partial charge in [-0.15, -0.1) is 0 Å². The van der Waals surface area contributed by atoms with Crippen LogP contribution in [0.25, 0.3) is 21.5 Å². The minimum Gasteiger partial charge on any atom is -0.507 e. The van der Waals surface area contributed by atoms with Crippen molar-refractivity contribution >= 4 is 38.6 Å². The fourth-order valence-electron chi connectivity index (χ4n) is 7.78. The Labute approximate surface area is 249 Å². The van der Waals surface area contributed by atoms with E-state index in [2.05, 4.69) is 148 Å². The molecule has 0 amide bonds. The van der Waals surface area contributed by atoms with Gasteiger partial charge in [0.1, 0.15) is 12.8 Å². The van der Waals surface area contributed by atoms with Crippen LogP contribution < -0.4 is 4.90 Å². The van der Waals surface area contributed by atoms with E-state index in [-0.39, 0.29) is 10.8 Å². The number of rotatable bonds is 3. The van der Waals surface area contributed by atoms with Crippen LogP contribution in [0.5, 0.6) is 0 Å². The van der Waals surface area contributed by atoms with Crippen molar-refractivity contribution < 1.29 is 9.68 Å². The second-order valence-corrected chi connectivity index (χ2v) is 13.1. The Morgan fingerprint density at radius 3 is 2.10 bits per heavy atom. The zero-order valence-corrected chi connectivity index (χ0v) is 25.5. The molecule has 7 rings (SSSR count). The van der Waals surface area contributed by atoms with E-state index in [0.29, 0.717) is 5.76 Å². The highest BCUT2D eigenvalue weighted by Crippen LogP contribution is 2.50. The zero-order valence-electron chi connectivity index (χ0n) is 25.5. The fraction of sp³-hybridized carbons (Fsp3) is 0.256. The van der Waals surface area contributed by atoms with Gasteiger partial charge in [0, 0.05) is 41.6 Å². The maximum absolute atomic E-state index is 11.3. The Morgan fingerprint density at radius 1 is 0.738 bits per heavy atom. The molecule has 4 aromatic carbocycles. The number of hydrogen-bond donors (Lipinski definition) is 1. The van der Waals surface area contributed by atoms with Crippen LogP contribution in [0, 0.1) is 0 Å². The van der Waals surface area contributed by atoms with Crippen LogP contribution in [-0.2, 0) is 10.8 Å². The van der Waals surface area contributed by atoms with Crippen LogP contribution in [0.4, 0.5) is 11.4 Å². The normalized spacial score (nSPS) is 21.1. The molecule has 2 heterocycles. The monoisotopic (exact) mass is 551 g/mol. The number of allylic oxidation sites excluding steroid dienone is 7. The van der Waals surface area contributed by atoms with Crippen molar-refractivity contribution in [3.05, 3.63) is 131 Å². The van der Waals surface area contributed by atoms with Crippen molar-refractivity contribution in [1.82, 2.24) is 0 Å². The topological polar surface area (TPSA) is 26.5 Å². The van der Waals surface area contributed by atoms with E-state index in [9.17, 15) is 5.11 Å². The average molecular weight is 552 g/mol. The summed E-state index contributed by atoms with van der Waals surface area (Å²) < 4.78 is 2.31. The molecule has 0 fully saturated rings. The molecule has 3 nitrogen and oxygen atoms in total. The lowest BCUT2D eigenvalue weighted by atomic mass is 9.79. The number of anilines is 1. The predicted molar refractivity (Wildman–Crippen MR) is 177 cm³/mol. The lowest BCUT2D eigenvalue weighted by Gasteiger charge is -2.24. The van der Waals surface area contributed by atoms with E-state index in [0.717, 1.165) is 24.0 Å². The number of nitrogens with zero attached hydrogens (tertiary/aromatic N) is 2. The highest BCUT2D eigenvalue weighted by Gasteiger charge is 2.44. The molecule has 0 atom stereocenters. The SMILES string of the molecule is CN1C(=CC=C2CCC(C=CC3=[N+](C)c4ccc5ccccc5c4C3(C)C)=C2O)C(C)(C)c2c1ccc1ccccc21. The molecule has 0 radical (unpaired) electrons. The van der Waals surface area contributed by atoms with E-state index in [1.165, 1.54) is 55.5 Å². The van der Waals surface area contributed by atoms with Gasteiger partial charge in [-0.1, -0.05) is 74.5 Å². The average Bonchev–Trinajstić information content (AvgIpc) is 3.50. The molecule has 0 unspecified atom stereocenters. The predicted octanol–water partition coefficient (Wildman–Crippen LogP) is 9.40. The Bertz CT molecular complexity index is 1960. The largest absolute Gasteiger partial charge is 0.507 e. The quantitative estimate of drug-likeness (QED) is 0.257. The van der Waals surface area contributed by atoms with Gasteiger partial charge in [-0.05, 0) is 89.2 Å². The summed E-state index contributed by atoms with van der Waals surface area (Å²) in [6.45, 7) is 9.23. The van der Waals surface area contributed by atoms with Crippen molar-refractivity contribution in [2.75, 3.05) is 19.0 Å². The molecule has 0 aromatic heterocycles. The zero-order chi connectivity index (χ0) is 29.4. The summed E-state index contributed by atoms with van der Waals surface area (Å²) in [6.07, 6.45) is 10.4. The Kier molecular flexibility index (Phi) is 5.89. The smallest absolute Gasteiger partial charge is 0.210 e. The summed E-state index contributed by atoms with van der Waals surface area (Å²) in [6, 6.07) is 26.2. The molecule has 1 N–H and O–H groups in total. The summed E-state index contributed by atoms with van der Waals surface area (Å²) in [5, 5.41) is 16.5. The van der Waals surface area contributed by atoms with Crippen LogP contribution in [0.3, 0.4) is 0 Å². The summed E-state index contributed by atoms with van der Waals surface area (Å²) in [4.78, 5) is 2.31. The van der Waals surface area contributed by atoms with Gasteiger partial charge in [-0.2, -0.15) is 4.58 Å². The van der Waals surface area contributed by atoms with Gasteiger partial charge in [0.2, 0.25) is 5.69 Å². The molecule has 4 aromatic rings. The second kappa shape index (κ2) is 9.32. The standard InChI is InChI=1S/C39H38N2O/c1-38(2)33(40(5)31-21-17-25-11-7-9-13-29(25)35(31)38)23-19-27-15-16-28(37(27)42)20-24-34-39(3,4)36-30-14-10-8-12-26(30)18-22-32(36)41(34)6/h7-14,17-24H,15-16H2,1-6H3/p+1. The molecule has 42 heavy (non-hydrogen) atoms. The van der Waals surface area contributed by atoms with Crippen molar-refractivity contribution in [3.8, 4) is 0 Å². The Balaban J connectivity index is 1.20. The van der Waals surface area contributed by atoms with Crippen molar-refractivity contribution in [2.24, 2.45) is 0 Å². The van der Waals surface area contributed by atoms with Crippen molar-refractivity contribution in [2.45, 2.75) is 51.4 Å². The number of aliphatic hydroxyl groups is 1. The number of aliphatic hydroxyl groups excluding tert-OH is 1. The minimum absolute atomic E-state index is 0.142. The van der Waals surface area contributed by atoms with E-state index in [1.807, 2.05) is 0 Å². The molecule has 1 aliphatic carbocycles. The summed E-state index contributed by atoms with van der Waals surface area (Å²) >= 11 is 0. The molecular formula is C39H39N2O+. The Hall–Kier alpha value is -4.37. The first-order valence-electron chi connectivity index (χ1n) is 15.0. The van der Waals surface area contributed by atoms with Crippen LogP contribution in [0.2, 0.25) is 0 Å². The van der Waals surface area contributed by atoms with Crippen molar-refractivity contribution in [1.29, 1.82) is 0 Å². The van der Waals surface area contributed by atoms with Gasteiger partial charge in [0.05, 0.1) is 5.41 Å². The van der Waals surface area contributed by atoms with E-state index < -0.39 is 0 Å². The van der Waals surface area contributed by atoms with Gasteiger partial charge < -0.3 is 10.0 Å². The highest BCUT2D eigenvalue weighted by atomic mass is 16.3. The number of benzene rings is 4. The first-order chi connectivity index (χ1) is 20.1. The van der Waals surface area contributed by atoms with Gasteiger partial charge >= 0.3 is 0 Å². The van der Waals surface area contributed by atoms with Crippen LogP contribution in [-0.4, -0.2) is 29.5 Å². The fourth-order valence-corrected chi connectivity index (χ4v) is 7.78. The summed E-state index contributed by atoms with van der Waals surface area (Å²) in [5.74, 6) is 0.423. The van der Waals surface area contributed by atoms with Gasteiger partial charge in [-0.25, -0.2) is 0 Å². The molecule has 0 saturated heterocycles. The molecular weight excluding hydrogens is 512 g/mol. The molecule has 210 valence electrons. The maximum Gasteiger partial charge on any atom is 0.210 e. The lowest BCUT2D eigenvalue weighted by molar-refractivity contribution is -0.401. The Morgan fingerprint density at radius 2 is 1.38 bits per heavy atom. The van der Waals surface area contributed by atoms with Gasteiger partial charge in [0.15, 0.2) is 5.71 Å². The first kappa shape index (κ1) is 26.5. The number of hydrogen-bond acceptors (Lipinski definition) is 2. The molecule has 3 aliphatic rings.